The van der Waals surface area contributed by atoms with E-state index in [9.17, 15) is 4.79 Å². The summed E-state index contributed by atoms with van der Waals surface area (Å²) >= 11 is 0. The van der Waals surface area contributed by atoms with Crippen molar-refractivity contribution in [2.24, 2.45) is 17.6 Å². The minimum absolute atomic E-state index is 0.149. The van der Waals surface area contributed by atoms with Crippen LogP contribution in [0.5, 0.6) is 0 Å². The largest absolute Gasteiger partial charge is 0.341 e. The average molecular weight is 212 g/mol. The van der Waals surface area contributed by atoms with Crippen LogP contribution in [0.1, 0.15) is 40.0 Å². The highest BCUT2D eigenvalue weighted by molar-refractivity contribution is 5.81. The molecule has 1 fully saturated rings. The van der Waals surface area contributed by atoms with E-state index in [0.717, 1.165) is 38.3 Å². The number of hydrogen-bond donors (Lipinski definition) is 1. The molecule has 1 rings (SSSR count). The van der Waals surface area contributed by atoms with Crippen molar-refractivity contribution in [1.29, 1.82) is 0 Å². The highest BCUT2D eigenvalue weighted by Gasteiger charge is 2.24. The van der Waals surface area contributed by atoms with Crippen LogP contribution in [0.15, 0.2) is 0 Å². The van der Waals surface area contributed by atoms with Gasteiger partial charge in [0.25, 0.3) is 0 Å². The molecule has 0 aliphatic carbocycles. The minimum atomic E-state index is -0.293. The molecule has 0 aromatic carbocycles. The third-order valence-electron chi connectivity index (χ3n) is 3.14. The molecule has 1 aliphatic heterocycles. The Bertz CT molecular complexity index is 208. The van der Waals surface area contributed by atoms with E-state index in [0.29, 0.717) is 5.92 Å². The van der Waals surface area contributed by atoms with Gasteiger partial charge < -0.3 is 10.6 Å². The van der Waals surface area contributed by atoms with Gasteiger partial charge in [0, 0.05) is 13.1 Å². The molecule has 1 atom stereocenters. The van der Waals surface area contributed by atoms with Gasteiger partial charge in [0.2, 0.25) is 5.91 Å². The van der Waals surface area contributed by atoms with Gasteiger partial charge in [-0.05, 0) is 31.1 Å². The van der Waals surface area contributed by atoms with Crippen molar-refractivity contribution in [3.63, 3.8) is 0 Å². The topological polar surface area (TPSA) is 46.3 Å². The quantitative estimate of drug-likeness (QED) is 0.772. The number of likely N-dealkylation sites (tertiary alicyclic amines) is 1. The third-order valence-corrected chi connectivity index (χ3v) is 3.14. The van der Waals surface area contributed by atoms with Crippen molar-refractivity contribution >= 4 is 5.91 Å². The summed E-state index contributed by atoms with van der Waals surface area (Å²) in [7, 11) is 0. The van der Waals surface area contributed by atoms with Crippen LogP contribution in [0.3, 0.4) is 0 Å². The van der Waals surface area contributed by atoms with Crippen LogP contribution >= 0.6 is 0 Å². The number of amides is 1. The molecule has 0 aromatic rings. The molecule has 0 radical (unpaired) electrons. The Kier molecular flexibility index (Phi) is 4.58. The second kappa shape index (κ2) is 5.50. The lowest BCUT2D eigenvalue weighted by atomic mass is 9.97. The average Bonchev–Trinajstić information content (AvgIpc) is 2.17. The first kappa shape index (κ1) is 12.5. The SMILES string of the molecule is CC(C)C[C@@H](N)C(=O)N1CCC(C)CC1. The molecule has 3 heteroatoms. The Labute approximate surface area is 93.0 Å². The summed E-state index contributed by atoms with van der Waals surface area (Å²) in [5.41, 5.74) is 5.89. The Hall–Kier alpha value is -0.570. The van der Waals surface area contributed by atoms with Gasteiger partial charge >= 0.3 is 0 Å². The van der Waals surface area contributed by atoms with Crippen LogP contribution in [0, 0.1) is 11.8 Å². The predicted octanol–water partition coefficient (Wildman–Crippen LogP) is 1.62. The molecule has 1 aliphatic rings. The molecule has 1 amide bonds. The zero-order valence-corrected chi connectivity index (χ0v) is 10.2. The van der Waals surface area contributed by atoms with Crippen LogP contribution in [0.25, 0.3) is 0 Å². The standard InChI is InChI=1S/C12H24N2O/c1-9(2)8-11(13)12(15)14-6-4-10(3)5-7-14/h9-11H,4-8,13H2,1-3H3/t11-/m1/s1. The highest BCUT2D eigenvalue weighted by atomic mass is 16.2. The first-order chi connectivity index (χ1) is 7.00. The molecular formula is C12H24N2O. The maximum Gasteiger partial charge on any atom is 0.239 e. The molecule has 88 valence electrons. The number of nitrogens with two attached hydrogens (primary N) is 1. The summed E-state index contributed by atoms with van der Waals surface area (Å²) in [4.78, 5) is 13.9. The van der Waals surface area contributed by atoms with E-state index in [-0.39, 0.29) is 11.9 Å². The summed E-state index contributed by atoms with van der Waals surface area (Å²) in [6.45, 7) is 8.24. The fourth-order valence-corrected chi connectivity index (χ4v) is 2.07. The van der Waals surface area contributed by atoms with Crippen molar-refractivity contribution < 1.29 is 4.79 Å². The van der Waals surface area contributed by atoms with Crippen LogP contribution < -0.4 is 5.73 Å². The van der Waals surface area contributed by atoms with Crippen LogP contribution in [-0.2, 0) is 4.79 Å². The van der Waals surface area contributed by atoms with Gasteiger partial charge in [-0.3, -0.25) is 4.79 Å². The number of nitrogens with zero attached hydrogens (tertiary/aromatic N) is 1. The van der Waals surface area contributed by atoms with E-state index in [4.69, 9.17) is 5.73 Å². The molecule has 15 heavy (non-hydrogen) atoms. The lowest BCUT2D eigenvalue weighted by molar-refractivity contribution is -0.134. The minimum Gasteiger partial charge on any atom is -0.341 e. The van der Waals surface area contributed by atoms with Gasteiger partial charge in [-0.1, -0.05) is 20.8 Å². The molecule has 0 bridgehead atoms. The molecular weight excluding hydrogens is 188 g/mol. The molecule has 0 unspecified atom stereocenters. The van der Waals surface area contributed by atoms with E-state index >= 15 is 0 Å². The first-order valence-electron chi connectivity index (χ1n) is 6.05. The van der Waals surface area contributed by atoms with Crippen LogP contribution in [0.2, 0.25) is 0 Å². The van der Waals surface area contributed by atoms with Crippen molar-refractivity contribution in [3.8, 4) is 0 Å². The van der Waals surface area contributed by atoms with Gasteiger partial charge in [0.1, 0.15) is 0 Å². The van der Waals surface area contributed by atoms with E-state index in [1.54, 1.807) is 0 Å². The number of carbonyl (C=O) groups is 1. The highest BCUT2D eigenvalue weighted by Crippen LogP contribution is 2.17. The second-order valence-electron chi connectivity index (χ2n) is 5.24. The maximum absolute atomic E-state index is 11.9. The predicted molar refractivity (Wildman–Crippen MR) is 62.4 cm³/mol. The lowest BCUT2D eigenvalue weighted by Crippen LogP contribution is -2.47. The fourth-order valence-electron chi connectivity index (χ4n) is 2.07. The smallest absolute Gasteiger partial charge is 0.239 e. The number of piperidine rings is 1. The summed E-state index contributed by atoms with van der Waals surface area (Å²) < 4.78 is 0. The molecule has 1 heterocycles. The van der Waals surface area contributed by atoms with E-state index in [1.807, 2.05) is 4.90 Å². The second-order valence-corrected chi connectivity index (χ2v) is 5.24. The Morgan fingerprint density at radius 1 is 1.40 bits per heavy atom. The van der Waals surface area contributed by atoms with Crippen molar-refractivity contribution in [3.05, 3.63) is 0 Å². The van der Waals surface area contributed by atoms with Crippen molar-refractivity contribution in [1.82, 2.24) is 4.90 Å². The van der Waals surface area contributed by atoms with Gasteiger partial charge in [-0.2, -0.15) is 0 Å². The summed E-state index contributed by atoms with van der Waals surface area (Å²) in [6, 6.07) is -0.293. The van der Waals surface area contributed by atoms with Gasteiger partial charge in [0.05, 0.1) is 6.04 Å². The molecule has 2 N–H and O–H groups in total. The maximum atomic E-state index is 11.9. The van der Waals surface area contributed by atoms with E-state index < -0.39 is 0 Å². The zero-order valence-electron chi connectivity index (χ0n) is 10.2. The Balaban J connectivity index is 2.39. The van der Waals surface area contributed by atoms with Crippen LogP contribution in [-0.4, -0.2) is 29.9 Å². The van der Waals surface area contributed by atoms with Gasteiger partial charge in [0.15, 0.2) is 0 Å². The van der Waals surface area contributed by atoms with Crippen molar-refractivity contribution in [2.75, 3.05) is 13.1 Å². The molecule has 0 spiro atoms. The molecule has 3 nitrogen and oxygen atoms in total. The number of hydrogen-bond acceptors (Lipinski definition) is 2. The van der Waals surface area contributed by atoms with Gasteiger partial charge in [-0.15, -0.1) is 0 Å². The zero-order chi connectivity index (χ0) is 11.4. The summed E-state index contributed by atoms with van der Waals surface area (Å²) in [6.07, 6.45) is 3.05. The molecule has 1 saturated heterocycles. The monoisotopic (exact) mass is 212 g/mol. The normalized spacial score (nSPS) is 20.7. The Morgan fingerprint density at radius 2 is 1.93 bits per heavy atom. The molecule has 0 aromatic heterocycles. The molecule has 0 saturated carbocycles. The summed E-state index contributed by atoms with van der Waals surface area (Å²) in [5, 5.41) is 0. The fraction of sp³-hybridized carbons (Fsp3) is 0.917. The van der Waals surface area contributed by atoms with Crippen LogP contribution in [0.4, 0.5) is 0 Å². The Morgan fingerprint density at radius 3 is 2.40 bits per heavy atom. The van der Waals surface area contributed by atoms with Crippen molar-refractivity contribution in [2.45, 2.75) is 46.1 Å². The number of rotatable bonds is 3. The third kappa shape index (κ3) is 3.82. The van der Waals surface area contributed by atoms with E-state index in [2.05, 4.69) is 20.8 Å². The lowest BCUT2D eigenvalue weighted by Gasteiger charge is -2.32. The summed E-state index contributed by atoms with van der Waals surface area (Å²) in [5.74, 6) is 1.40. The van der Waals surface area contributed by atoms with Gasteiger partial charge in [-0.25, -0.2) is 0 Å². The first-order valence-corrected chi connectivity index (χ1v) is 6.05. The van der Waals surface area contributed by atoms with E-state index in [1.165, 1.54) is 0 Å². The number of carbonyl (C=O) groups excluding carboxylic acids is 1.